The zero-order valence-electron chi connectivity index (χ0n) is 12.2. The number of anilines is 2. The lowest BCUT2D eigenvalue weighted by molar-refractivity contribution is 0.313. The molecule has 20 heavy (non-hydrogen) atoms. The van der Waals surface area contributed by atoms with Crippen LogP contribution in [0, 0.1) is 6.92 Å². The van der Waals surface area contributed by atoms with Gasteiger partial charge in [0.05, 0.1) is 6.61 Å². The Kier molecular flexibility index (Phi) is 4.88. The van der Waals surface area contributed by atoms with Gasteiger partial charge in [0.25, 0.3) is 0 Å². The number of aryl methyl sites for hydroxylation is 1. The van der Waals surface area contributed by atoms with E-state index in [2.05, 4.69) is 43.1 Å². The van der Waals surface area contributed by atoms with E-state index in [1.807, 2.05) is 24.3 Å². The Bertz CT molecular complexity index is 554. The van der Waals surface area contributed by atoms with Crippen LogP contribution in [0.1, 0.15) is 12.0 Å². The standard InChI is InChI=1S/C17H22N2O/c1-14-6-3-8-16(12-14)19(2)10-5-11-20-17-9-4-7-15(18)13-17/h3-4,6-9,12-13H,5,10-11,18H2,1-2H3. The van der Waals surface area contributed by atoms with Crippen molar-refractivity contribution in [3.05, 3.63) is 54.1 Å². The molecule has 0 aromatic heterocycles. The van der Waals surface area contributed by atoms with Gasteiger partial charge in [-0.3, -0.25) is 0 Å². The Hall–Kier alpha value is -2.16. The summed E-state index contributed by atoms with van der Waals surface area (Å²) in [4.78, 5) is 2.25. The second-order valence-corrected chi connectivity index (χ2v) is 5.04. The number of hydrogen-bond acceptors (Lipinski definition) is 3. The highest BCUT2D eigenvalue weighted by atomic mass is 16.5. The van der Waals surface area contributed by atoms with Crippen LogP contribution in [0.15, 0.2) is 48.5 Å². The van der Waals surface area contributed by atoms with Gasteiger partial charge in [-0.05, 0) is 43.2 Å². The summed E-state index contributed by atoms with van der Waals surface area (Å²) in [6, 6.07) is 16.1. The number of rotatable bonds is 6. The fraction of sp³-hybridized carbons (Fsp3) is 0.294. The molecule has 0 aliphatic heterocycles. The van der Waals surface area contributed by atoms with Crippen molar-refractivity contribution < 1.29 is 4.74 Å². The predicted molar refractivity (Wildman–Crippen MR) is 85.4 cm³/mol. The van der Waals surface area contributed by atoms with Gasteiger partial charge in [-0.2, -0.15) is 0 Å². The molecular weight excluding hydrogens is 248 g/mol. The maximum atomic E-state index is 5.71. The molecular formula is C17H22N2O. The minimum absolute atomic E-state index is 0.694. The number of nitrogens with two attached hydrogens (primary N) is 1. The highest BCUT2D eigenvalue weighted by Crippen LogP contribution is 2.16. The van der Waals surface area contributed by atoms with Crippen LogP contribution in [0.3, 0.4) is 0 Å². The van der Waals surface area contributed by atoms with Gasteiger partial charge in [0.2, 0.25) is 0 Å². The Labute approximate surface area is 121 Å². The van der Waals surface area contributed by atoms with Crippen molar-refractivity contribution in [1.82, 2.24) is 0 Å². The number of ether oxygens (including phenoxy) is 1. The van der Waals surface area contributed by atoms with Crippen molar-refractivity contribution in [3.8, 4) is 5.75 Å². The highest BCUT2D eigenvalue weighted by Gasteiger charge is 2.01. The summed E-state index contributed by atoms with van der Waals surface area (Å²) >= 11 is 0. The maximum Gasteiger partial charge on any atom is 0.121 e. The van der Waals surface area contributed by atoms with Gasteiger partial charge in [0, 0.05) is 31.0 Å². The molecule has 0 spiro atoms. The largest absolute Gasteiger partial charge is 0.493 e. The van der Waals surface area contributed by atoms with Gasteiger partial charge in [-0.25, -0.2) is 0 Å². The highest BCUT2D eigenvalue weighted by molar-refractivity contribution is 5.47. The first-order valence-corrected chi connectivity index (χ1v) is 6.91. The molecule has 0 saturated carbocycles. The van der Waals surface area contributed by atoms with Gasteiger partial charge < -0.3 is 15.4 Å². The van der Waals surface area contributed by atoms with Gasteiger partial charge in [0.15, 0.2) is 0 Å². The summed E-state index contributed by atoms with van der Waals surface area (Å²) in [5, 5.41) is 0. The quantitative estimate of drug-likeness (QED) is 0.645. The SMILES string of the molecule is Cc1cccc(N(C)CCCOc2cccc(N)c2)c1. The zero-order chi connectivity index (χ0) is 14.4. The molecule has 0 atom stereocenters. The van der Waals surface area contributed by atoms with Crippen molar-refractivity contribution in [3.63, 3.8) is 0 Å². The monoisotopic (exact) mass is 270 g/mol. The van der Waals surface area contributed by atoms with Crippen molar-refractivity contribution >= 4 is 11.4 Å². The normalized spacial score (nSPS) is 10.3. The Morgan fingerprint density at radius 2 is 1.90 bits per heavy atom. The number of hydrogen-bond donors (Lipinski definition) is 1. The van der Waals surface area contributed by atoms with E-state index in [0.717, 1.165) is 24.4 Å². The van der Waals surface area contributed by atoms with Crippen molar-refractivity contribution in [2.45, 2.75) is 13.3 Å². The predicted octanol–water partition coefficient (Wildman–Crippen LogP) is 3.48. The van der Waals surface area contributed by atoms with E-state index in [1.54, 1.807) is 0 Å². The van der Waals surface area contributed by atoms with Crippen LogP contribution in [-0.2, 0) is 0 Å². The molecule has 3 nitrogen and oxygen atoms in total. The summed E-state index contributed by atoms with van der Waals surface area (Å²) in [5.74, 6) is 0.836. The van der Waals surface area contributed by atoms with Gasteiger partial charge in [-0.15, -0.1) is 0 Å². The average Bonchev–Trinajstić information content (AvgIpc) is 2.43. The third-order valence-corrected chi connectivity index (χ3v) is 3.21. The maximum absolute atomic E-state index is 5.71. The first-order valence-electron chi connectivity index (χ1n) is 6.91. The number of nitrogen functional groups attached to an aromatic ring is 1. The van der Waals surface area contributed by atoms with Crippen molar-refractivity contribution in [1.29, 1.82) is 0 Å². The van der Waals surface area contributed by atoms with E-state index >= 15 is 0 Å². The molecule has 0 fully saturated rings. The van der Waals surface area contributed by atoms with E-state index in [9.17, 15) is 0 Å². The second-order valence-electron chi connectivity index (χ2n) is 5.04. The van der Waals surface area contributed by atoms with Crippen LogP contribution < -0.4 is 15.4 Å². The number of benzene rings is 2. The molecule has 2 aromatic rings. The van der Waals surface area contributed by atoms with E-state index in [-0.39, 0.29) is 0 Å². The molecule has 0 unspecified atom stereocenters. The Morgan fingerprint density at radius 1 is 1.10 bits per heavy atom. The van der Waals surface area contributed by atoms with Crippen LogP contribution in [0.5, 0.6) is 5.75 Å². The van der Waals surface area contributed by atoms with E-state index in [1.165, 1.54) is 11.3 Å². The third-order valence-electron chi connectivity index (χ3n) is 3.21. The minimum Gasteiger partial charge on any atom is -0.493 e. The topological polar surface area (TPSA) is 38.5 Å². The Balaban J connectivity index is 1.76. The van der Waals surface area contributed by atoms with Crippen LogP contribution in [-0.4, -0.2) is 20.2 Å². The van der Waals surface area contributed by atoms with Gasteiger partial charge >= 0.3 is 0 Å². The van der Waals surface area contributed by atoms with Gasteiger partial charge in [0.1, 0.15) is 5.75 Å². The summed E-state index contributed by atoms with van der Waals surface area (Å²) in [6.45, 7) is 3.77. The molecule has 0 saturated heterocycles. The Morgan fingerprint density at radius 3 is 2.65 bits per heavy atom. The molecule has 0 heterocycles. The van der Waals surface area contributed by atoms with E-state index in [0.29, 0.717) is 6.61 Å². The average molecular weight is 270 g/mol. The lowest BCUT2D eigenvalue weighted by atomic mass is 10.2. The molecule has 0 bridgehead atoms. The molecule has 2 rings (SSSR count). The van der Waals surface area contributed by atoms with Crippen LogP contribution in [0.2, 0.25) is 0 Å². The smallest absolute Gasteiger partial charge is 0.121 e. The molecule has 0 amide bonds. The molecule has 106 valence electrons. The molecule has 3 heteroatoms. The summed E-state index contributed by atoms with van der Waals surface area (Å²) in [7, 11) is 2.11. The molecule has 0 radical (unpaired) electrons. The van der Waals surface area contributed by atoms with E-state index < -0.39 is 0 Å². The fourth-order valence-electron chi connectivity index (χ4n) is 2.09. The van der Waals surface area contributed by atoms with Crippen LogP contribution in [0.4, 0.5) is 11.4 Å². The number of nitrogens with zero attached hydrogens (tertiary/aromatic N) is 1. The van der Waals surface area contributed by atoms with E-state index in [4.69, 9.17) is 10.5 Å². The fourth-order valence-corrected chi connectivity index (χ4v) is 2.09. The molecule has 0 aliphatic carbocycles. The third kappa shape index (κ3) is 4.19. The second kappa shape index (κ2) is 6.85. The zero-order valence-corrected chi connectivity index (χ0v) is 12.2. The molecule has 2 aromatic carbocycles. The van der Waals surface area contributed by atoms with Crippen LogP contribution in [0.25, 0.3) is 0 Å². The van der Waals surface area contributed by atoms with Crippen molar-refractivity contribution in [2.75, 3.05) is 30.8 Å². The first-order chi connectivity index (χ1) is 9.65. The minimum atomic E-state index is 0.694. The van der Waals surface area contributed by atoms with Crippen LogP contribution >= 0.6 is 0 Å². The summed E-state index contributed by atoms with van der Waals surface area (Å²) in [6.07, 6.45) is 0.971. The molecule has 0 aliphatic rings. The van der Waals surface area contributed by atoms with Crippen molar-refractivity contribution in [2.24, 2.45) is 0 Å². The molecule has 2 N–H and O–H groups in total. The first kappa shape index (κ1) is 14.3. The summed E-state index contributed by atoms with van der Waals surface area (Å²) < 4.78 is 5.69. The summed E-state index contributed by atoms with van der Waals surface area (Å²) in [5.41, 5.74) is 8.98. The lowest BCUT2D eigenvalue weighted by Gasteiger charge is -2.19. The van der Waals surface area contributed by atoms with Gasteiger partial charge in [-0.1, -0.05) is 18.2 Å². The lowest BCUT2D eigenvalue weighted by Crippen LogP contribution is -2.20.